The topological polar surface area (TPSA) is 59.0 Å². The third kappa shape index (κ3) is 5.81. The van der Waals surface area contributed by atoms with Gasteiger partial charge >= 0.3 is 0 Å². The van der Waals surface area contributed by atoms with Gasteiger partial charge in [-0.25, -0.2) is 0 Å². The maximum Gasteiger partial charge on any atom is 0.225 e. The molecule has 1 saturated carbocycles. The molecule has 2 aliphatic rings. The number of ether oxygens (including phenoxy) is 2. The van der Waals surface area contributed by atoms with Crippen LogP contribution >= 0.6 is 0 Å². The minimum Gasteiger partial charge on any atom is -0.457 e. The lowest BCUT2D eigenvalue weighted by Gasteiger charge is -2.44. The molecule has 184 valence electrons. The number of carbonyl (C=O) groups excluding carboxylic acids is 1. The molecule has 5 nitrogen and oxygen atoms in total. The fraction of sp³-hybridized carbons (Fsp3) is 0.552. The molecule has 1 saturated heterocycles. The first-order valence-corrected chi connectivity index (χ1v) is 12.9. The predicted molar refractivity (Wildman–Crippen MR) is 134 cm³/mol. The van der Waals surface area contributed by atoms with E-state index < -0.39 is 5.60 Å². The van der Waals surface area contributed by atoms with Crippen molar-refractivity contribution in [1.82, 2.24) is 4.90 Å². The molecule has 2 atom stereocenters. The number of hydrogen-bond acceptors (Lipinski definition) is 4. The van der Waals surface area contributed by atoms with E-state index in [0.717, 1.165) is 69.2 Å². The van der Waals surface area contributed by atoms with Crippen molar-refractivity contribution >= 4 is 5.91 Å². The van der Waals surface area contributed by atoms with Gasteiger partial charge in [-0.2, -0.15) is 0 Å². The first-order chi connectivity index (χ1) is 16.6. The molecular weight excluding hydrogens is 426 g/mol. The molecule has 0 spiro atoms. The van der Waals surface area contributed by atoms with Crippen LogP contribution in [0, 0.1) is 11.8 Å². The minimum atomic E-state index is -1.08. The number of benzene rings is 2. The Kier molecular flexibility index (Phi) is 8.63. The summed E-state index contributed by atoms with van der Waals surface area (Å²) in [5.74, 6) is 1.86. The third-order valence-electron chi connectivity index (χ3n) is 7.59. The zero-order valence-corrected chi connectivity index (χ0v) is 20.5. The number of carbonyl (C=O) groups is 1. The molecule has 1 aliphatic carbocycles. The highest BCUT2D eigenvalue weighted by atomic mass is 16.5. The van der Waals surface area contributed by atoms with Crippen molar-refractivity contribution < 1.29 is 19.4 Å². The second-order valence-electron chi connectivity index (χ2n) is 9.89. The van der Waals surface area contributed by atoms with Crippen LogP contribution in [-0.2, 0) is 15.1 Å². The quantitative estimate of drug-likeness (QED) is 0.443. The summed E-state index contributed by atoms with van der Waals surface area (Å²) < 4.78 is 11.5. The lowest BCUT2D eigenvalue weighted by Crippen LogP contribution is -2.49. The molecule has 1 aliphatic heterocycles. The Hall–Kier alpha value is -2.37. The number of amides is 1. The van der Waals surface area contributed by atoms with Gasteiger partial charge in [0, 0.05) is 44.2 Å². The highest BCUT2D eigenvalue weighted by Gasteiger charge is 2.43. The van der Waals surface area contributed by atoms with Crippen molar-refractivity contribution in [3.05, 3.63) is 60.2 Å². The van der Waals surface area contributed by atoms with Crippen LogP contribution in [0.25, 0.3) is 0 Å². The van der Waals surface area contributed by atoms with Gasteiger partial charge in [0.05, 0.1) is 5.60 Å². The van der Waals surface area contributed by atoms with E-state index in [1.807, 2.05) is 59.5 Å². The molecule has 0 bridgehead atoms. The normalized spacial score (nSPS) is 20.8. The summed E-state index contributed by atoms with van der Waals surface area (Å²) in [6.07, 6.45) is 8.49. The van der Waals surface area contributed by atoms with Gasteiger partial charge in [-0.3, -0.25) is 4.79 Å². The van der Waals surface area contributed by atoms with E-state index in [1.165, 1.54) is 0 Å². The Morgan fingerprint density at radius 1 is 1.00 bits per heavy atom. The van der Waals surface area contributed by atoms with Crippen LogP contribution in [0.1, 0.15) is 63.4 Å². The van der Waals surface area contributed by atoms with Gasteiger partial charge in [0.25, 0.3) is 0 Å². The smallest absolute Gasteiger partial charge is 0.225 e. The number of rotatable bonds is 10. The molecule has 4 rings (SSSR count). The number of likely N-dealkylation sites (tertiary alicyclic amines) is 1. The summed E-state index contributed by atoms with van der Waals surface area (Å²) in [7, 11) is 1.71. The summed E-state index contributed by atoms with van der Waals surface area (Å²) in [5.41, 5.74) is -0.260. The van der Waals surface area contributed by atoms with Crippen molar-refractivity contribution in [2.24, 2.45) is 11.8 Å². The molecule has 0 radical (unpaired) electrons. The van der Waals surface area contributed by atoms with Crippen molar-refractivity contribution in [1.29, 1.82) is 0 Å². The summed E-state index contributed by atoms with van der Waals surface area (Å²) >= 11 is 0. The standard InChI is InChI=1S/C29H39NO4/c1-33-21-10-9-19-29(32,24-14-11-20-30(22-24)28(31)23-12-5-6-13-23)26-17-7-8-18-27(26)34-25-15-3-2-4-16-25/h2-4,7-8,15-18,23-24,32H,5-6,9-14,19-22H2,1H3/t24-,29?/m1/s1. The highest BCUT2D eigenvalue weighted by molar-refractivity contribution is 5.79. The second-order valence-corrected chi connectivity index (χ2v) is 9.89. The summed E-state index contributed by atoms with van der Waals surface area (Å²) in [6, 6.07) is 17.6. The molecule has 1 amide bonds. The van der Waals surface area contributed by atoms with Gasteiger partial charge in [0.15, 0.2) is 0 Å². The van der Waals surface area contributed by atoms with Crippen LogP contribution < -0.4 is 4.74 Å². The molecule has 0 aromatic heterocycles. The summed E-state index contributed by atoms with van der Waals surface area (Å²) in [5, 5.41) is 12.4. The SMILES string of the molecule is COCCCCC(O)(c1ccccc1Oc1ccccc1)[C@@H]1CCCN(C(=O)C2CCCC2)C1. The Balaban J connectivity index is 1.60. The molecular formula is C29H39NO4. The molecule has 1 unspecified atom stereocenters. The van der Waals surface area contributed by atoms with E-state index in [1.54, 1.807) is 7.11 Å². The van der Waals surface area contributed by atoms with E-state index in [-0.39, 0.29) is 17.7 Å². The molecule has 2 fully saturated rings. The maximum absolute atomic E-state index is 13.2. The molecule has 1 N–H and O–H groups in total. The first kappa shape index (κ1) is 24.7. The van der Waals surface area contributed by atoms with Gasteiger partial charge in [-0.1, -0.05) is 49.2 Å². The van der Waals surface area contributed by atoms with Gasteiger partial charge in [0.2, 0.25) is 5.91 Å². The summed E-state index contributed by atoms with van der Waals surface area (Å²) in [4.78, 5) is 15.3. The highest BCUT2D eigenvalue weighted by Crippen LogP contribution is 2.44. The van der Waals surface area contributed by atoms with Crippen LogP contribution in [0.4, 0.5) is 0 Å². The van der Waals surface area contributed by atoms with E-state index in [4.69, 9.17) is 9.47 Å². The van der Waals surface area contributed by atoms with Crippen LogP contribution in [0.15, 0.2) is 54.6 Å². The van der Waals surface area contributed by atoms with Crippen LogP contribution in [-0.4, -0.2) is 42.7 Å². The molecule has 34 heavy (non-hydrogen) atoms. The second kappa shape index (κ2) is 11.9. The monoisotopic (exact) mass is 465 g/mol. The van der Waals surface area contributed by atoms with Crippen LogP contribution in [0.2, 0.25) is 0 Å². The Morgan fingerprint density at radius 3 is 2.50 bits per heavy atom. The van der Waals surface area contributed by atoms with Crippen molar-refractivity contribution in [2.75, 3.05) is 26.8 Å². The third-order valence-corrected chi connectivity index (χ3v) is 7.59. The molecule has 2 aromatic carbocycles. The number of aliphatic hydroxyl groups is 1. The number of hydrogen-bond donors (Lipinski definition) is 1. The van der Waals surface area contributed by atoms with Gasteiger partial charge in [-0.15, -0.1) is 0 Å². The van der Waals surface area contributed by atoms with Gasteiger partial charge in [0.1, 0.15) is 11.5 Å². The average Bonchev–Trinajstić information content (AvgIpc) is 3.42. The van der Waals surface area contributed by atoms with E-state index in [9.17, 15) is 9.90 Å². The number of unbranched alkanes of at least 4 members (excludes halogenated alkanes) is 1. The number of methoxy groups -OCH3 is 1. The van der Waals surface area contributed by atoms with Gasteiger partial charge in [-0.05, 0) is 63.1 Å². The lowest BCUT2D eigenvalue weighted by molar-refractivity contribution is -0.141. The van der Waals surface area contributed by atoms with E-state index >= 15 is 0 Å². The van der Waals surface area contributed by atoms with E-state index in [2.05, 4.69) is 0 Å². The first-order valence-electron chi connectivity index (χ1n) is 12.9. The molecule has 1 heterocycles. The largest absolute Gasteiger partial charge is 0.457 e. The Bertz CT molecular complexity index is 911. The number of nitrogens with zero attached hydrogens (tertiary/aromatic N) is 1. The lowest BCUT2D eigenvalue weighted by atomic mass is 9.73. The van der Waals surface area contributed by atoms with Crippen molar-refractivity contribution in [2.45, 2.75) is 63.4 Å². The maximum atomic E-state index is 13.2. The average molecular weight is 466 g/mol. The van der Waals surface area contributed by atoms with Crippen molar-refractivity contribution in [3.63, 3.8) is 0 Å². The molecule has 5 heteroatoms. The molecule has 2 aromatic rings. The Morgan fingerprint density at radius 2 is 1.74 bits per heavy atom. The predicted octanol–water partition coefficient (Wildman–Crippen LogP) is 5.91. The van der Waals surface area contributed by atoms with E-state index in [0.29, 0.717) is 25.3 Å². The Labute approximate surface area is 204 Å². The fourth-order valence-electron chi connectivity index (χ4n) is 5.73. The number of para-hydroxylation sites is 2. The van der Waals surface area contributed by atoms with Crippen molar-refractivity contribution in [3.8, 4) is 11.5 Å². The van der Waals surface area contributed by atoms with Crippen LogP contribution in [0.5, 0.6) is 11.5 Å². The van der Waals surface area contributed by atoms with Gasteiger partial charge < -0.3 is 19.5 Å². The minimum absolute atomic E-state index is 0.0327. The summed E-state index contributed by atoms with van der Waals surface area (Å²) in [6.45, 7) is 2.08. The number of piperidine rings is 1. The zero-order valence-electron chi connectivity index (χ0n) is 20.5. The fourth-order valence-corrected chi connectivity index (χ4v) is 5.73. The van der Waals surface area contributed by atoms with Crippen LogP contribution in [0.3, 0.4) is 0 Å². The zero-order chi connectivity index (χ0) is 23.8.